The van der Waals surface area contributed by atoms with Gasteiger partial charge < -0.3 is 15.0 Å². The van der Waals surface area contributed by atoms with Gasteiger partial charge in [-0.3, -0.25) is 14.5 Å². The fourth-order valence-electron chi connectivity index (χ4n) is 3.12. The van der Waals surface area contributed by atoms with Crippen molar-refractivity contribution in [2.24, 2.45) is 5.10 Å². The summed E-state index contributed by atoms with van der Waals surface area (Å²) in [6.07, 6.45) is 1.38. The molecule has 2 aromatic rings. The Morgan fingerprint density at radius 3 is 2.63 bits per heavy atom. The van der Waals surface area contributed by atoms with Crippen LogP contribution in [0.1, 0.15) is 9.67 Å². The summed E-state index contributed by atoms with van der Waals surface area (Å²) in [4.78, 5) is 39.1. The molecule has 1 fully saturated rings. The topological polar surface area (TPSA) is 94.5 Å². The summed E-state index contributed by atoms with van der Waals surface area (Å²) in [6.45, 7) is 1.69. The van der Waals surface area contributed by atoms with Gasteiger partial charge in [0.05, 0.1) is 28.8 Å². The van der Waals surface area contributed by atoms with Crippen LogP contribution in [0.2, 0.25) is 4.34 Å². The van der Waals surface area contributed by atoms with Gasteiger partial charge in [0, 0.05) is 17.9 Å². The standard InChI is InChI=1S/C19H18ClN5O4S/c20-17-6-5-16(30-17)18(27)21-9-15-10-25(19(28)29-15)14-3-1-13(2-4-14)23-7-8-24(12-26)22-11-23/h1-6,11-12,15H,7-10H2,(H,21,27). The van der Waals surface area contributed by atoms with E-state index in [4.69, 9.17) is 16.3 Å². The van der Waals surface area contributed by atoms with Crippen molar-refractivity contribution >= 4 is 59.1 Å². The molecular weight excluding hydrogens is 430 g/mol. The first-order valence-electron chi connectivity index (χ1n) is 9.18. The smallest absolute Gasteiger partial charge is 0.414 e. The summed E-state index contributed by atoms with van der Waals surface area (Å²) in [5, 5.41) is 8.12. The minimum atomic E-state index is -0.456. The van der Waals surface area contributed by atoms with Crippen molar-refractivity contribution in [1.82, 2.24) is 10.3 Å². The van der Waals surface area contributed by atoms with E-state index < -0.39 is 12.2 Å². The van der Waals surface area contributed by atoms with Gasteiger partial charge in [-0.15, -0.1) is 11.3 Å². The highest BCUT2D eigenvalue weighted by Gasteiger charge is 2.32. The third-order valence-corrected chi connectivity index (χ3v) is 5.92. The fraction of sp³-hybridized carbons (Fsp3) is 0.263. The van der Waals surface area contributed by atoms with Crippen LogP contribution in [0.3, 0.4) is 0 Å². The number of ether oxygens (including phenoxy) is 1. The second-order valence-corrected chi connectivity index (χ2v) is 8.35. The number of hydrogen-bond donors (Lipinski definition) is 1. The number of amides is 3. The molecular formula is C19H18ClN5O4S. The molecule has 4 rings (SSSR count). The van der Waals surface area contributed by atoms with E-state index in [0.717, 1.165) is 5.69 Å². The predicted octanol–water partition coefficient (Wildman–Crippen LogP) is 2.38. The highest BCUT2D eigenvalue weighted by molar-refractivity contribution is 7.18. The summed E-state index contributed by atoms with van der Waals surface area (Å²) in [6, 6.07) is 10.7. The Balaban J connectivity index is 1.34. The van der Waals surface area contributed by atoms with Crippen molar-refractivity contribution < 1.29 is 19.1 Å². The SMILES string of the molecule is O=CN1CCN(c2ccc(N3CC(CNC(=O)c4ccc(Cl)s4)OC3=O)cc2)C=N1. The number of cyclic esters (lactones) is 1. The van der Waals surface area contributed by atoms with Gasteiger partial charge in [-0.1, -0.05) is 11.6 Å². The van der Waals surface area contributed by atoms with Crippen molar-refractivity contribution in [1.29, 1.82) is 0 Å². The number of hydrogen-bond acceptors (Lipinski definition) is 7. The molecule has 3 heterocycles. The van der Waals surface area contributed by atoms with E-state index in [9.17, 15) is 14.4 Å². The van der Waals surface area contributed by atoms with E-state index in [1.165, 1.54) is 21.2 Å². The molecule has 11 heteroatoms. The number of hydrazone groups is 1. The van der Waals surface area contributed by atoms with Crippen LogP contribution in [0.5, 0.6) is 0 Å². The first-order valence-corrected chi connectivity index (χ1v) is 10.4. The highest BCUT2D eigenvalue weighted by atomic mass is 35.5. The van der Waals surface area contributed by atoms with E-state index in [1.54, 1.807) is 18.5 Å². The van der Waals surface area contributed by atoms with Gasteiger partial charge in [-0.2, -0.15) is 5.10 Å². The molecule has 1 aromatic heterocycles. The molecule has 1 aromatic carbocycles. The zero-order chi connectivity index (χ0) is 21.1. The van der Waals surface area contributed by atoms with Crippen LogP contribution in [0.25, 0.3) is 0 Å². The second kappa shape index (κ2) is 8.72. The largest absolute Gasteiger partial charge is 0.442 e. The lowest BCUT2D eigenvalue weighted by atomic mass is 10.2. The van der Waals surface area contributed by atoms with Gasteiger partial charge in [-0.05, 0) is 36.4 Å². The summed E-state index contributed by atoms with van der Waals surface area (Å²) < 4.78 is 5.91. The summed E-state index contributed by atoms with van der Waals surface area (Å²) in [7, 11) is 0. The second-order valence-electron chi connectivity index (χ2n) is 6.64. The van der Waals surface area contributed by atoms with Gasteiger partial charge in [-0.25, -0.2) is 9.80 Å². The number of halogens is 1. The van der Waals surface area contributed by atoms with Crippen molar-refractivity contribution in [3.63, 3.8) is 0 Å². The third-order valence-electron chi connectivity index (χ3n) is 4.69. The maximum absolute atomic E-state index is 12.3. The molecule has 0 bridgehead atoms. The molecule has 9 nitrogen and oxygen atoms in total. The average molecular weight is 448 g/mol. The Bertz CT molecular complexity index is 980. The Morgan fingerprint density at radius 1 is 1.23 bits per heavy atom. The molecule has 1 N–H and O–H groups in total. The van der Waals surface area contributed by atoms with E-state index in [0.29, 0.717) is 40.9 Å². The number of nitrogens with one attached hydrogen (secondary N) is 1. The molecule has 0 aliphatic carbocycles. The van der Waals surface area contributed by atoms with Crippen molar-refractivity contribution in [2.75, 3.05) is 36.0 Å². The normalized spacial score (nSPS) is 18.5. The number of carbonyl (C=O) groups excluding carboxylic acids is 3. The van der Waals surface area contributed by atoms with Gasteiger partial charge in [0.2, 0.25) is 6.41 Å². The fourth-order valence-corrected chi connectivity index (χ4v) is 4.08. The predicted molar refractivity (Wildman–Crippen MR) is 114 cm³/mol. The molecule has 2 aliphatic heterocycles. The lowest BCUT2D eigenvalue weighted by molar-refractivity contribution is -0.118. The van der Waals surface area contributed by atoms with Crippen LogP contribution < -0.4 is 15.1 Å². The molecule has 0 spiro atoms. The summed E-state index contributed by atoms with van der Waals surface area (Å²) in [5.41, 5.74) is 1.60. The van der Waals surface area contributed by atoms with E-state index in [-0.39, 0.29) is 12.5 Å². The first kappa shape index (κ1) is 20.2. The van der Waals surface area contributed by atoms with Crippen LogP contribution in [-0.2, 0) is 9.53 Å². The number of thiophene rings is 1. The zero-order valence-corrected chi connectivity index (χ0v) is 17.3. The quantitative estimate of drug-likeness (QED) is 0.686. The maximum Gasteiger partial charge on any atom is 0.414 e. The zero-order valence-electron chi connectivity index (χ0n) is 15.7. The lowest BCUT2D eigenvalue weighted by Gasteiger charge is -2.26. The van der Waals surface area contributed by atoms with E-state index >= 15 is 0 Å². The molecule has 0 radical (unpaired) electrons. The van der Waals surface area contributed by atoms with Crippen LogP contribution in [0, 0.1) is 0 Å². The molecule has 1 saturated heterocycles. The Kier molecular flexibility index (Phi) is 5.86. The molecule has 0 saturated carbocycles. The van der Waals surface area contributed by atoms with Crippen LogP contribution in [0.4, 0.5) is 16.2 Å². The van der Waals surface area contributed by atoms with Crippen LogP contribution in [0.15, 0.2) is 41.5 Å². The Hall–Kier alpha value is -3.11. The number of carbonyl (C=O) groups is 3. The maximum atomic E-state index is 12.3. The number of anilines is 2. The summed E-state index contributed by atoms with van der Waals surface area (Å²) >= 11 is 7.04. The molecule has 2 aliphatic rings. The lowest BCUT2D eigenvalue weighted by Crippen LogP contribution is -2.37. The Labute approximate surface area is 181 Å². The molecule has 30 heavy (non-hydrogen) atoms. The number of rotatable bonds is 6. The van der Waals surface area contributed by atoms with E-state index in [2.05, 4.69) is 10.4 Å². The molecule has 1 unspecified atom stereocenters. The van der Waals surface area contributed by atoms with Crippen LogP contribution in [-0.4, -0.2) is 62.0 Å². The minimum Gasteiger partial charge on any atom is -0.442 e. The minimum absolute atomic E-state index is 0.214. The van der Waals surface area contributed by atoms with Crippen molar-refractivity contribution in [3.05, 3.63) is 45.6 Å². The van der Waals surface area contributed by atoms with Gasteiger partial charge in [0.25, 0.3) is 5.91 Å². The Morgan fingerprint density at radius 2 is 2.00 bits per heavy atom. The summed E-state index contributed by atoms with van der Waals surface area (Å²) in [5.74, 6) is -0.248. The first-order chi connectivity index (χ1) is 14.5. The van der Waals surface area contributed by atoms with E-state index in [1.807, 2.05) is 29.2 Å². The highest BCUT2D eigenvalue weighted by Crippen LogP contribution is 2.25. The number of nitrogens with zero attached hydrogens (tertiary/aromatic N) is 4. The average Bonchev–Trinajstić information content (AvgIpc) is 3.37. The van der Waals surface area contributed by atoms with Gasteiger partial charge in [0.15, 0.2) is 0 Å². The van der Waals surface area contributed by atoms with Crippen LogP contribution >= 0.6 is 22.9 Å². The molecule has 3 amide bonds. The monoisotopic (exact) mass is 447 g/mol. The van der Waals surface area contributed by atoms with Gasteiger partial charge >= 0.3 is 6.09 Å². The van der Waals surface area contributed by atoms with Crippen molar-refractivity contribution in [2.45, 2.75) is 6.10 Å². The van der Waals surface area contributed by atoms with Crippen molar-refractivity contribution in [3.8, 4) is 0 Å². The molecule has 156 valence electrons. The number of benzene rings is 1. The third kappa shape index (κ3) is 4.39. The molecule has 1 atom stereocenters. The van der Waals surface area contributed by atoms with Gasteiger partial charge in [0.1, 0.15) is 12.4 Å².